The summed E-state index contributed by atoms with van der Waals surface area (Å²) in [5.41, 5.74) is 1.20. The van der Waals surface area contributed by atoms with Gasteiger partial charge in [0.1, 0.15) is 5.82 Å². The van der Waals surface area contributed by atoms with Crippen molar-refractivity contribution in [3.63, 3.8) is 0 Å². The summed E-state index contributed by atoms with van der Waals surface area (Å²) in [7, 11) is 0. The third-order valence-corrected chi connectivity index (χ3v) is 5.84. The average Bonchev–Trinajstić information content (AvgIpc) is 3.04. The number of carbonyl (C=O) groups is 2. The highest BCUT2D eigenvalue weighted by atomic mass is 19.1. The number of hydrogen-bond acceptors (Lipinski definition) is 4. The second-order valence-electron chi connectivity index (χ2n) is 7.62. The number of benzene rings is 2. The smallest absolute Gasteiger partial charge is 0.290 e. The predicted octanol–water partition coefficient (Wildman–Crippen LogP) is 4.06. The maximum atomic E-state index is 14.7. The van der Waals surface area contributed by atoms with E-state index in [9.17, 15) is 19.1 Å². The van der Waals surface area contributed by atoms with E-state index < -0.39 is 23.5 Å². The molecule has 0 aromatic heterocycles. The van der Waals surface area contributed by atoms with Crippen molar-refractivity contribution in [1.82, 2.24) is 9.80 Å². The maximum Gasteiger partial charge on any atom is 0.290 e. The Morgan fingerprint density at radius 2 is 1.71 bits per heavy atom. The zero-order valence-electron chi connectivity index (χ0n) is 18.1. The Balaban J connectivity index is 1.90. The molecule has 0 aliphatic carbocycles. The fourth-order valence-electron chi connectivity index (χ4n) is 4.02. The summed E-state index contributed by atoms with van der Waals surface area (Å²) in [5, 5.41) is 10.6. The first kappa shape index (κ1) is 22.7. The van der Waals surface area contributed by atoms with Crippen LogP contribution in [0.1, 0.15) is 37.4 Å². The molecule has 31 heavy (non-hydrogen) atoms. The summed E-state index contributed by atoms with van der Waals surface area (Å²) in [4.78, 5) is 29.6. The molecular formula is C25H29FN2O3. The SMILES string of the molecule is CCN(CC)CCN1C(=O)C(O)=C(C(=O)CCc2ccccc2)C1c1ccccc1F. The lowest BCUT2D eigenvalue weighted by Crippen LogP contribution is -2.39. The third-order valence-electron chi connectivity index (χ3n) is 5.84. The highest BCUT2D eigenvalue weighted by Crippen LogP contribution is 2.39. The van der Waals surface area contributed by atoms with Crippen molar-refractivity contribution in [2.24, 2.45) is 0 Å². The van der Waals surface area contributed by atoms with Gasteiger partial charge in [0, 0.05) is 25.1 Å². The molecular weight excluding hydrogens is 395 g/mol. The number of aryl methyl sites for hydroxylation is 1. The van der Waals surface area contributed by atoms with E-state index in [1.54, 1.807) is 18.2 Å². The van der Waals surface area contributed by atoms with E-state index in [0.717, 1.165) is 18.7 Å². The van der Waals surface area contributed by atoms with Crippen LogP contribution in [0.2, 0.25) is 0 Å². The Bertz CT molecular complexity index is 954. The third kappa shape index (κ3) is 5.02. The molecule has 1 atom stereocenters. The quantitative estimate of drug-likeness (QED) is 0.625. The molecule has 1 unspecified atom stereocenters. The van der Waals surface area contributed by atoms with Crippen LogP contribution < -0.4 is 0 Å². The van der Waals surface area contributed by atoms with Crippen LogP contribution in [0.15, 0.2) is 65.9 Å². The lowest BCUT2D eigenvalue weighted by atomic mass is 9.93. The van der Waals surface area contributed by atoms with Gasteiger partial charge in [0.2, 0.25) is 0 Å². The Kier molecular flexibility index (Phi) is 7.58. The van der Waals surface area contributed by atoms with Crippen LogP contribution in [-0.2, 0) is 16.0 Å². The molecule has 1 amide bonds. The Morgan fingerprint density at radius 1 is 1.06 bits per heavy atom. The van der Waals surface area contributed by atoms with E-state index in [2.05, 4.69) is 4.90 Å². The Morgan fingerprint density at radius 3 is 2.35 bits per heavy atom. The zero-order chi connectivity index (χ0) is 22.4. The molecule has 5 nitrogen and oxygen atoms in total. The number of hydrogen-bond donors (Lipinski definition) is 1. The molecule has 1 aliphatic rings. The summed E-state index contributed by atoms with van der Waals surface area (Å²) < 4.78 is 14.7. The largest absolute Gasteiger partial charge is 0.503 e. The number of nitrogens with zero attached hydrogens (tertiary/aromatic N) is 2. The Labute approximate surface area is 182 Å². The molecule has 6 heteroatoms. The van der Waals surface area contributed by atoms with Gasteiger partial charge in [-0.15, -0.1) is 0 Å². The second kappa shape index (κ2) is 10.4. The van der Waals surface area contributed by atoms with E-state index in [-0.39, 0.29) is 23.3 Å². The highest BCUT2D eigenvalue weighted by molar-refractivity contribution is 6.09. The van der Waals surface area contributed by atoms with Crippen molar-refractivity contribution < 1.29 is 19.1 Å². The van der Waals surface area contributed by atoms with Crippen LogP contribution in [-0.4, -0.2) is 52.8 Å². The molecule has 1 heterocycles. The van der Waals surface area contributed by atoms with E-state index in [0.29, 0.717) is 19.5 Å². The van der Waals surface area contributed by atoms with Gasteiger partial charge in [-0.3, -0.25) is 9.59 Å². The summed E-state index contributed by atoms with van der Waals surface area (Å²) in [6, 6.07) is 14.7. The summed E-state index contributed by atoms with van der Waals surface area (Å²) in [6.07, 6.45) is 0.611. The maximum absolute atomic E-state index is 14.7. The van der Waals surface area contributed by atoms with Gasteiger partial charge in [0.15, 0.2) is 11.5 Å². The topological polar surface area (TPSA) is 60.9 Å². The van der Waals surface area contributed by atoms with Crippen molar-refractivity contribution in [2.45, 2.75) is 32.7 Å². The van der Waals surface area contributed by atoms with Crippen LogP contribution >= 0.6 is 0 Å². The minimum Gasteiger partial charge on any atom is -0.503 e. The molecule has 2 aromatic carbocycles. The van der Waals surface area contributed by atoms with Crippen LogP contribution in [0.5, 0.6) is 0 Å². The van der Waals surface area contributed by atoms with Gasteiger partial charge in [-0.25, -0.2) is 4.39 Å². The van der Waals surface area contributed by atoms with Crippen LogP contribution in [0, 0.1) is 5.82 Å². The molecule has 0 radical (unpaired) electrons. The van der Waals surface area contributed by atoms with Gasteiger partial charge >= 0.3 is 0 Å². The number of halogens is 1. The molecule has 3 rings (SSSR count). The molecule has 0 saturated heterocycles. The number of aliphatic hydroxyl groups excluding tert-OH is 1. The van der Waals surface area contributed by atoms with Crippen molar-refractivity contribution in [2.75, 3.05) is 26.2 Å². The number of ketones is 1. The number of likely N-dealkylation sites (N-methyl/N-ethyl adjacent to an activating group) is 1. The second-order valence-corrected chi connectivity index (χ2v) is 7.62. The van der Waals surface area contributed by atoms with Gasteiger partial charge in [0.25, 0.3) is 5.91 Å². The highest BCUT2D eigenvalue weighted by Gasteiger charge is 2.44. The molecule has 0 saturated carbocycles. The van der Waals surface area contributed by atoms with Crippen LogP contribution in [0.25, 0.3) is 0 Å². The first-order chi connectivity index (χ1) is 15.0. The molecule has 1 aliphatic heterocycles. The van der Waals surface area contributed by atoms with Crippen molar-refractivity contribution >= 4 is 11.7 Å². The van der Waals surface area contributed by atoms with Crippen LogP contribution in [0.3, 0.4) is 0 Å². The number of carbonyl (C=O) groups excluding carboxylic acids is 2. The number of amides is 1. The fraction of sp³-hybridized carbons (Fsp3) is 0.360. The van der Waals surface area contributed by atoms with Gasteiger partial charge in [-0.05, 0) is 31.1 Å². The average molecular weight is 425 g/mol. The van der Waals surface area contributed by atoms with Gasteiger partial charge < -0.3 is 14.9 Å². The van der Waals surface area contributed by atoms with Gasteiger partial charge in [-0.2, -0.15) is 0 Å². The standard InChI is InChI=1S/C25H29FN2O3/c1-3-27(4-2)16-17-28-23(19-12-8-9-13-20(19)26)22(24(30)25(28)31)21(29)15-14-18-10-6-5-7-11-18/h5-13,23,30H,3-4,14-17H2,1-2H3. The van der Waals surface area contributed by atoms with Gasteiger partial charge in [-0.1, -0.05) is 62.4 Å². The van der Waals surface area contributed by atoms with Crippen molar-refractivity contribution in [3.8, 4) is 0 Å². The molecule has 0 bridgehead atoms. The normalized spacial score (nSPS) is 16.5. The lowest BCUT2D eigenvalue weighted by molar-refractivity contribution is -0.129. The molecule has 1 N–H and O–H groups in total. The number of aliphatic hydroxyl groups is 1. The molecule has 0 spiro atoms. The molecule has 164 valence electrons. The van der Waals surface area contributed by atoms with Crippen molar-refractivity contribution in [1.29, 1.82) is 0 Å². The summed E-state index contributed by atoms with van der Waals surface area (Å²) in [5.74, 6) is -2.03. The van der Waals surface area contributed by atoms with E-state index in [1.807, 2.05) is 44.2 Å². The van der Waals surface area contributed by atoms with E-state index in [1.165, 1.54) is 11.0 Å². The van der Waals surface area contributed by atoms with Crippen molar-refractivity contribution in [3.05, 3.63) is 82.9 Å². The summed E-state index contributed by atoms with van der Waals surface area (Å²) >= 11 is 0. The first-order valence-corrected chi connectivity index (χ1v) is 10.8. The lowest BCUT2D eigenvalue weighted by Gasteiger charge is -2.29. The number of Topliss-reactive ketones (excluding diaryl/α,β-unsaturated/α-hetero) is 1. The monoisotopic (exact) mass is 424 g/mol. The first-order valence-electron chi connectivity index (χ1n) is 10.8. The van der Waals surface area contributed by atoms with Crippen LogP contribution in [0.4, 0.5) is 4.39 Å². The van der Waals surface area contributed by atoms with E-state index >= 15 is 0 Å². The minimum atomic E-state index is -0.924. The van der Waals surface area contributed by atoms with E-state index in [4.69, 9.17) is 0 Å². The predicted molar refractivity (Wildman–Crippen MR) is 118 cm³/mol. The fourth-order valence-corrected chi connectivity index (χ4v) is 4.02. The summed E-state index contributed by atoms with van der Waals surface area (Å²) in [6.45, 7) is 6.54. The molecule has 0 fully saturated rings. The Hall–Kier alpha value is -2.99. The zero-order valence-corrected chi connectivity index (χ0v) is 18.1. The van der Waals surface area contributed by atoms with Gasteiger partial charge in [0.05, 0.1) is 11.6 Å². The minimum absolute atomic E-state index is 0.00872. The molecule has 2 aromatic rings. The number of rotatable bonds is 10.